The first-order valence-electron chi connectivity index (χ1n) is 8.40. The van der Waals surface area contributed by atoms with E-state index in [1.165, 1.54) is 0 Å². The molecule has 0 spiro atoms. The third-order valence-corrected chi connectivity index (χ3v) is 4.69. The number of ether oxygens (including phenoxy) is 1. The molecule has 24 heavy (non-hydrogen) atoms. The molecule has 1 aliphatic carbocycles. The highest BCUT2D eigenvalue weighted by Crippen LogP contribution is 2.36. The Morgan fingerprint density at radius 3 is 2.79 bits per heavy atom. The molecule has 4 heteroatoms. The number of aryl methyl sites for hydroxylation is 1. The van der Waals surface area contributed by atoms with Gasteiger partial charge in [-0.3, -0.25) is 4.79 Å². The molecule has 2 aromatic heterocycles. The molecule has 4 rings (SSSR count). The summed E-state index contributed by atoms with van der Waals surface area (Å²) in [7, 11) is 1.60. The van der Waals surface area contributed by atoms with Crippen LogP contribution in [-0.2, 0) is 6.42 Å². The fraction of sp³-hybridized carbons (Fsp3) is 0.300. The number of rotatable bonds is 4. The van der Waals surface area contributed by atoms with Crippen LogP contribution in [0.2, 0.25) is 0 Å². The van der Waals surface area contributed by atoms with Crippen molar-refractivity contribution >= 4 is 10.8 Å². The van der Waals surface area contributed by atoms with Crippen LogP contribution in [0.3, 0.4) is 0 Å². The van der Waals surface area contributed by atoms with Crippen LogP contribution in [0.25, 0.3) is 21.9 Å². The Morgan fingerprint density at radius 1 is 1.25 bits per heavy atom. The summed E-state index contributed by atoms with van der Waals surface area (Å²) in [5, 5.41) is 1.79. The fourth-order valence-corrected chi connectivity index (χ4v) is 3.36. The van der Waals surface area contributed by atoms with Crippen molar-refractivity contribution in [3.63, 3.8) is 0 Å². The average molecular weight is 320 g/mol. The lowest BCUT2D eigenvalue weighted by Gasteiger charge is -2.15. The van der Waals surface area contributed by atoms with Crippen LogP contribution in [0.4, 0.5) is 0 Å². The van der Waals surface area contributed by atoms with E-state index in [1.807, 2.05) is 34.9 Å². The van der Waals surface area contributed by atoms with Gasteiger partial charge in [-0.25, -0.2) is 4.98 Å². The number of hydrogen-bond acceptors (Lipinski definition) is 3. The lowest BCUT2D eigenvalue weighted by molar-refractivity contribution is 0.398. The molecule has 0 amide bonds. The smallest absolute Gasteiger partial charge is 0.259 e. The third-order valence-electron chi connectivity index (χ3n) is 4.69. The zero-order chi connectivity index (χ0) is 16.7. The van der Waals surface area contributed by atoms with Crippen LogP contribution in [0.5, 0.6) is 5.88 Å². The van der Waals surface area contributed by atoms with Crippen LogP contribution in [0, 0.1) is 0 Å². The molecular formula is C20H20N2O2. The summed E-state index contributed by atoms with van der Waals surface area (Å²) in [5.41, 5.74) is 3.14. The van der Waals surface area contributed by atoms with Crippen molar-refractivity contribution in [2.75, 3.05) is 7.11 Å². The summed E-state index contributed by atoms with van der Waals surface area (Å²) in [6, 6.07) is 12.4. The summed E-state index contributed by atoms with van der Waals surface area (Å²) in [6.07, 6.45) is 4.79. The van der Waals surface area contributed by atoms with Gasteiger partial charge in [0, 0.05) is 24.0 Å². The van der Waals surface area contributed by atoms with Gasteiger partial charge in [-0.05, 0) is 47.9 Å². The molecule has 122 valence electrons. The van der Waals surface area contributed by atoms with Gasteiger partial charge in [0.2, 0.25) is 5.88 Å². The summed E-state index contributed by atoms with van der Waals surface area (Å²) in [4.78, 5) is 17.4. The summed E-state index contributed by atoms with van der Waals surface area (Å²) >= 11 is 0. The van der Waals surface area contributed by atoms with E-state index in [1.54, 1.807) is 13.3 Å². The monoisotopic (exact) mass is 320 g/mol. The molecule has 1 aromatic carbocycles. The maximum Gasteiger partial charge on any atom is 0.259 e. The van der Waals surface area contributed by atoms with Crippen molar-refractivity contribution in [1.29, 1.82) is 0 Å². The van der Waals surface area contributed by atoms with E-state index >= 15 is 0 Å². The Bertz CT molecular complexity index is 971. The van der Waals surface area contributed by atoms with Crippen LogP contribution in [0.15, 0.2) is 47.4 Å². The maximum absolute atomic E-state index is 13.3. The van der Waals surface area contributed by atoms with Crippen molar-refractivity contribution in [2.45, 2.75) is 32.2 Å². The number of hydrogen-bond donors (Lipinski definition) is 0. The first-order chi connectivity index (χ1) is 11.7. The van der Waals surface area contributed by atoms with Crippen LogP contribution < -0.4 is 10.3 Å². The standard InChI is InChI=1S/C20H20N2O2/c1-3-15-11-14-5-4-6-17(13-9-10-21-18(12-13)24-2)19(14)20(23)22(15)16-7-8-16/h4-6,9-12,16H,3,7-8H2,1-2H3. The highest BCUT2D eigenvalue weighted by Gasteiger charge is 2.27. The molecular weight excluding hydrogens is 300 g/mol. The predicted molar refractivity (Wildman–Crippen MR) is 95.6 cm³/mol. The average Bonchev–Trinajstić information content (AvgIpc) is 3.45. The molecule has 0 atom stereocenters. The largest absolute Gasteiger partial charge is 0.481 e. The zero-order valence-corrected chi connectivity index (χ0v) is 14.0. The van der Waals surface area contributed by atoms with Gasteiger partial charge in [0.05, 0.1) is 12.5 Å². The van der Waals surface area contributed by atoms with Crippen molar-refractivity contribution < 1.29 is 4.74 Å². The minimum atomic E-state index is 0.123. The summed E-state index contributed by atoms with van der Waals surface area (Å²) < 4.78 is 7.24. The SMILES string of the molecule is CCc1cc2cccc(-c3ccnc(OC)c3)c2c(=O)n1C1CC1. The summed E-state index contributed by atoms with van der Waals surface area (Å²) in [5.74, 6) is 0.553. The third kappa shape index (κ3) is 2.39. The lowest BCUT2D eigenvalue weighted by Crippen LogP contribution is -2.23. The van der Waals surface area contributed by atoms with Gasteiger partial charge in [-0.15, -0.1) is 0 Å². The van der Waals surface area contributed by atoms with Crippen LogP contribution in [-0.4, -0.2) is 16.7 Å². The molecule has 1 saturated carbocycles. The van der Waals surface area contributed by atoms with Crippen LogP contribution in [0.1, 0.15) is 31.5 Å². The van der Waals surface area contributed by atoms with Gasteiger partial charge in [-0.1, -0.05) is 25.1 Å². The van der Waals surface area contributed by atoms with Gasteiger partial charge in [0.1, 0.15) is 0 Å². The molecule has 2 heterocycles. The quantitative estimate of drug-likeness (QED) is 0.730. The predicted octanol–water partition coefficient (Wildman–Crippen LogP) is 3.97. The van der Waals surface area contributed by atoms with Gasteiger partial charge >= 0.3 is 0 Å². The minimum absolute atomic E-state index is 0.123. The van der Waals surface area contributed by atoms with Crippen molar-refractivity contribution in [3.05, 3.63) is 58.6 Å². The van der Waals surface area contributed by atoms with Gasteiger partial charge in [0.15, 0.2) is 0 Å². The van der Waals surface area contributed by atoms with E-state index < -0.39 is 0 Å². The molecule has 0 N–H and O–H groups in total. The van der Waals surface area contributed by atoms with Crippen LogP contribution >= 0.6 is 0 Å². The van der Waals surface area contributed by atoms with Crippen molar-refractivity contribution in [1.82, 2.24) is 9.55 Å². The van der Waals surface area contributed by atoms with E-state index in [9.17, 15) is 4.79 Å². The van der Waals surface area contributed by atoms with E-state index in [0.29, 0.717) is 11.9 Å². The maximum atomic E-state index is 13.3. The van der Waals surface area contributed by atoms with Crippen molar-refractivity contribution in [3.8, 4) is 17.0 Å². The first kappa shape index (κ1) is 14.9. The Morgan fingerprint density at radius 2 is 2.08 bits per heavy atom. The fourth-order valence-electron chi connectivity index (χ4n) is 3.36. The normalized spacial score (nSPS) is 14.1. The number of methoxy groups -OCH3 is 1. The molecule has 4 nitrogen and oxygen atoms in total. The molecule has 0 radical (unpaired) electrons. The van der Waals surface area contributed by atoms with E-state index in [4.69, 9.17) is 4.74 Å². The number of benzene rings is 1. The number of nitrogens with zero attached hydrogens (tertiary/aromatic N) is 2. The number of pyridine rings is 2. The highest BCUT2D eigenvalue weighted by atomic mass is 16.5. The van der Waals surface area contributed by atoms with Gasteiger partial charge in [-0.2, -0.15) is 0 Å². The number of fused-ring (bicyclic) bond motifs is 1. The zero-order valence-electron chi connectivity index (χ0n) is 14.0. The molecule has 1 fully saturated rings. The Kier molecular flexibility index (Phi) is 3.60. The Balaban J connectivity index is 2.03. The first-order valence-corrected chi connectivity index (χ1v) is 8.40. The van der Waals surface area contributed by atoms with E-state index in [-0.39, 0.29) is 5.56 Å². The van der Waals surface area contributed by atoms with Crippen molar-refractivity contribution in [2.24, 2.45) is 0 Å². The van der Waals surface area contributed by atoms with Gasteiger partial charge in [0.25, 0.3) is 5.56 Å². The summed E-state index contributed by atoms with van der Waals surface area (Å²) in [6.45, 7) is 2.11. The Hall–Kier alpha value is -2.62. The highest BCUT2D eigenvalue weighted by molar-refractivity contribution is 5.96. The number of aromatic nitrogens is 2. The Labute approximate surface area is 140 Å². The molecule has 1 aliphatic rings. The minimum Gasteiger partial charge on any atom is -0.481 e. The molecule has 0 aliphatic heterocycles. The second-order valence-corrected chi connectivity index (χ2v) is 6.25. The lowest BCUT2D eigenvalue weighted by atomic mass is 9.99. The van der Waals surface area contributed by atoms with E-state index in [2.05, 4.69) is 18.0 Å². The molecule has 0 unspecified atom stereocenters. The second kappa shape index (κ2) is 5.78. The van der Waals surface area contributed by atoms with Gasteiger partial charge < -0.3 is 9.30 Å². The van der Waals surface area contributed by atoms with E-state index in [0.717, 1.165) is 46.9 Å². The molecule has 0 bridgehead atoms. The molecule has 0 saturated heterocycles. The molecule has 3 aromatic rings. The second-order valence-electron chi connectivity index (χ2n) is 6.25. The topological polar surface area (TPSA) is 44.1 Å².